The van der Waals surface area contributed by atoms with E-state index in [2.05, 4.69) is 10.3 Å². The largest absolute Gasteiger partial charge is 0.323 e. The van der Waals surface area contributed by atoms with Gasteiger partial charge in [-0.15, -0.1) is 0 Å². The maximum atomic E-state index is 12.6. The molecule has 1 aromatic heterocycles. The highest BCUT2D eigenvalue weighted by Gasteiger charge is 2.23. The predicted molar refractivity (Wildman–Crippen MR) is 106 cm³/mol. The van der Waals surface area contributed by atoms with Crippen molar-refractivity contribution in [3.05, 3.63) is 65.3 Å². The van der Waals surface area contributed by atoms with Crippen LogP contribution in [0.1, 0.15) is 5.69 Å². The number of pyridine rings is 1. The van der Waals surface area contributed by atoms with E-state index in [-0.39, 0.29) is 11.4 Å². The molecule has 1 heterocycles. The summed E-state index contributed by atoms with van der Waals surface area (Å²) in [5.74, 6) is -0.453. The van der Waals surface area contributed by atoms with Crippen LogP contribution in [0.25, 0.3) is 10.9 Å². The molecule has 0 saturated heterocycles. The summed E-state index contributed by atoms with van der Waals surface area (Å²) in [7, 11) is -2.44. The number of rotatable bonds is 5. The number of para-hydroxylation sites is 1. The number of nitrogens with one attached hydrogen (secondary N) is 1. The smallest absolute Gasteiger partial charge is 0.243 e. The van der Waals surface area contributed by atoms with Crippen LogP contribution in [0.15, 0.2) is 59.5 Å². The number of sulfonamides is 1. The molecule has 0 aliphatic rings. The van der Waals surface area contributed by atoms with Gasteiger partial charge in [-0.3, -0.25) is 9.78 Å². The number of nitrogens with zero attached hydrogens (tertiary/aromatic N) is 2. The van der Waals surface area contributed by atoms with Gasteiger partial charge in [0.1, 0.15) is 0 Å². The molecule has 0 bridgehead atoms. The van der Waals surface area contributed by atoms with E-state index in [0.717, 1.165) is 15.4 Å². The highest BCUT2D eigenvalue weighted by molar-refractivity contribution is 7.89. The van der Waals surface area contributed by atoms with Gasteiger partial charge in [-0.25, -0.2) is 8.42 Å². The Balaban J connectivity index is 1.78. The number of benzene rings is 2. The molecular formula is C19H18ClN3O3S. The summed E-state index contributed by atoms with van der Waals surface area (Å²) in [5.41, 5.74) is 2.03. The molecule has 2 aromatic carbocycles. The fraction of sp³-hybridized carbons (Fsp3) is 0.158. The van der Waals surface area contributed by atoms with Gasteiger partial charge in [-0.1, -0.05) is 29.8 Å². The number of halogens is 1. The van der Waals surface area contributed by atoms with Gasteiger partial charge in [-0.2, -0.15) is 4.31 Å². The highest BCUT2D eigenvalue weighted by Crippen LogP contribution is 2.22. The first kappa shape index (κ1) is 19.3. The summed E-state index contributed by atoms with van der Waals surface area (Å²) in [6, 6.07) is 15.1. The number of carbonyl (C=O) groups is 1. The first-order valence-corrected chi connectivity index (χ1v) is 9.97. The van der Waals surface area contributed by atoms with Gasteiger partial charge in [0, 0.05) is 23.2 Å². The number of hydrogen-bond acceptors (Lipinski definition) is 4. The average molecular weight is 404 g/mol. The number of amides is 1. The minimum Gasteiger partial charge on any atom is -0.323 e. The van der Waals surface area contributed by atoms with Crippen LogP contribution in [0.3, 0.4) is 0 Å². The second kappa shape index (κ2) is 7.64. The van der Waals surface area contributed by atoms with Gasteiger partial charge in [0.2, 0.25) is 15.9 Å². The number of carbonyl (C=O) groups excluding carboxylic acids is 1. The molecule has 0 atom stereocenters. The van der Waals surface area contributed by atoms with Gasteiger partial charge < -0.3 is 5.32 Å². The summed E-state index contributed by atoms with van der Waals surface area (Å²) in [6.45, 7) is 1.54. The van der Waals surface area contributed by atoms with Crippen molar-refractivity contribution in [3.8, 4) is 0 Å². The molecule has 3 rings (SSSR count). The minimum atomic E-state index is -3.79. The molecule has 0 unspecified atom stereocenters. The van der Waals surface area contributed by atoms with Crippen LogP contribution in [0.2, 0.25) is 5.02 Å². The molecular weight excluding hydrogens is 386 g/mol. The molecule has 27 heavy (non-hydrogen) atoms. The van der Waals surface area contributed by atoms with E-state index in [1.165, 1.54) is 31.3 Å². The van der Waals surface area contributed by atoms with E-state index in [1.54, 1.807) is 6.07 Å². The number of hydrogen-bond donors (Lipinski definition) is 1. The Morgan fingerprint density at radius 2 is 1.81 bits per heavy atom. The third-order valence-corrected chi connectivity index (χ3v) is 6.09. The standard InChI is InChI=1S/C19H18ClN3O3S/c1-13-6-7-14-4-3-5-17(19(14)21-13)22-18(24)12-23(2)27(25,26)16-10-8-15(20)9-11-16/h3-11H,12H2,1-2H3,(H,22,24). The van der Waals surface area contributed by atoms with Crippen LogP contribution in [0.4, 0.5) is 5.69 Å². The lowest BCUT2D eigenvalue weighted by atomic mass is 10.1. The highest BCUT2D eigenvalue weighted by atomic mass is 35.5. The van der Waals surface area contributed by atoms with Crippen molar-refractivity contribution in [1.29, 1.82) is 0 Å². The summed E-state index contributed by atoms with van der Waals surface area (Å²) in [5, 5.41) is 4.07. The molecule has 6 nitrogen and oxygen atoms in total. The van der Waals surface area contributed by atoms with Gasteiger partial charge in [0.25, 0.3) is 0 Å². The Hall–Kier alpha value is -2.48. The maximum Gasteiger partial charge on any atom is 0.243 e. The van der Waals surface area contributed by atoms with Crippen LogP contribution in [0, 0.1) is 6.92 Å². The predicted octanol–water partition coefficient (Wildman–Crippen LogP) is 3.46. The SMILES string of the molecule is Cc1ccc2cccc(NC(=O)CN(C)S(=O)(=O)c3ccc(Cl)cc3)c2n1. The molecule has 0 aliphatic carbocycles. The monoisotopic (exact) mass is 403 g/mol. The van der Waals surface area contributed by atoms with Crippen LogP contribution in [-0.4, -0.2) is 37.2 Å². The van der Waals surface area contributed by atoms with Crippen molar-refractivity contribution < 1.29 is 13.2 Å². The number of anilines is 1. The Labute approximate surface area is 162 Å². The minimum absolute atomic E-state index is 0.0738. The molecule has 0 saturated carbocycles. The van der Waals surface area contributed by atoms with Crippen molar-refractivity contribution in [2.24, 2.45) is 0 Å². The molecule has 1 amide bonds. The van der Waals surface area contributed by atoms with E-state index in [0.29, 0.717) is 16.2 Å². The second-order valence-corrected chi connectivity index (χ2v) is 8.57. The van der Waals surface area contributed by atoms with Crippen LogP contribution < -0.4 is 5.32 Å². The fourth-order valence-corrected chi connectivity index (χ4v) is 3.86. The molecule has 3 aromatic rings. The zero-order valence-electron chi connectivity index (χ0n) is 14.8. The molecule has 0 radical (unpaired) electrons. The zero-order valence-corrected chi connectivity index (χ0v) is 16.4. The normalized spacial score (nSPS) is 11.7. The van der Waals surface area contributed by atoms with E-state index >= 15 is 0 Å². The van der Waals surface area contributed by atoms with Crippen LogP contribution in [0.5, 0.6) is 0 Å². The molecule has 140 valence electrons. The molecule has 0 aliphatic heterocycles. The van der Waals surface area contributed by atoms with Gasteiger partial charge in [0.15, 0.2) is 0 Å². The Kier molecular flexibility index (Phi) is 5.46. The number of fused-ring (bicyclic) bond motifs is 1. The summed E-state index contributed by atoms with van der Waals surface area (Å²) in [4.78, 5) is 16.9. The van der Waals surface area contributed by atoms with Gasteiger partial charge in [0.05, 0.1) is 22.6 Å². The Morgan fingerprint density at radius 3 is 2.52 bits per heavy atom. The number of aryl methyl sites for hydroxylation is 1. The Bertz CT molecular complexity index is 1100. The lowest BCUT2D eigenvalue weighted by Gasteiger charge is -2.17. The summed E-state index contributed by atoms with van der Waals surface area (Å²) < 4.78 is 26.2. The summed E-state index contributed by atoms with van der Waals surface area (Å²) >= 11 is 5.80. The first-order valence-electron chi connectivity index (χ1n) is 8.15. The summed E-state index contributed by atoms with van der Waals surface area (Å²) in [6.07, 6.45) is 0. The topological polar surface area (TPSA) is 79.4 Å². The average Bonchev–Trinajstić information content (AvgIpc) is 2.62. The first-order chi connectivity index (χ1) is 12.8. The van der Waals surface area contributed by atoms with Crippen molar-refractivity contribution >= 4 is 44.1 Å². The van der Waals surface area contributed by atoms with Crippen molar-refractivity contribution in [1.82, 2.24) is 9.29 Å². The van der Waals surface area contributed by atoms with E-state index < -0.39 is 15.9 Å². The molecule has 1 N–H and O–H groups in total. The molecule has 0 spiro atoms. The van der Waals surface area contributed by atoms with Gasteiger partial charge in [-0.05, 0) is 43.3 Å². The number of aromatic nitrogens is 1. The fourth-order valence-electron chi connectivity index (χ4n) is 2.61. The van der Waals surface area contributed by atoms with E-state index in [4.69, 9.17) is 11.6 Å². The second-order valence-electron chi connectivity index (χ2n) is 6.09. The third kappa shape index (κ3) is 4.27. The van der Waals surface area contributed by atoms with Crippen LogP contribution >= 0.6 is 11.6 Å². The van der Waals surface area contributed by atoms with Crippen molar-refractivity contribution in [3.63, 3.8) is 0 Å². The molecule has 8 heteroatoms. The van der Waals surface area contributed by atoms with Crippen molar-refractivity contribution in [2.45, 2.75) is 11.8 Å². The lowest BCUT2D eigenvalue weighted by Crippen LogP contribution is -2.35. The van der Waals surface area contributed by atoms with Gasteiger partial charge >= 0.3 is 0 Å². The Morgan fingerprint density at radius 1 is 1.11 bits per heavy atom. The maximum absolute atomic E-state index is 12.6. The van der Waals surface area contributed by atoms with Crippen LogP contribution in [-0.2, 0) is 14.8 Å². The zero-order chi connectivity index (χ0) is 19.6. The van der Waals surface area contributed by atoms with E-state index in [1.807, 2.05) is 31.2 Å². The lowest BCUT2D eigenvalue weighted by molar-refractivity contribution is -0.116. The third-order valence-electron chi connectivity index (χ3n) is 4.02. The quantitative estimate of drug-likeness (QED) is 0.707. The number of likely N-dealkylation sites (N-methyl/N-ethyl adjacent to an activating group) is 1. The van der Waals surface area contributed by atoms with E-state index in [9.17, 15) is 13.2 Å². The van der Waals surface area contributed by atoms with Crippen molar-refractivity contribution in [2.75, 3.05) is 18.9 Å². The molecule has 0 fully saturated rings.